The molecule has 0 unspecified atom stereocenters. The van der Waals surface area contributed by atoms with Gasteiger partial charge in [0.2, 0.25) is 5.95 Å². The van der Waals surface area contributed by atoms with Crippen molar-refractivity contribution in [1.29, 1.82) is 0 Å². The summed E-state index contributed by atoms with van der Waals surface area (Å²) in [4.78, 5) is 6.96. The summed E-state index contributed by atoms with van der Waals surface area (Å²) < 4.78 is 0. The number of piperidine rings is 1. The molecule has 128 valence electrons. The highest BCUT2D eigenvalue weighted by Crippen LogP contribution is 2.25. The van der Waals surface area contributed by atoms with Crippen molar-refractivity contribution in [3.05, 3.63) is 42.1 Å². The molecule has 1 fully saturated rings. The lowest BCUT2D eigenvalue weighted by atomic mass is 9.90. The lowest BCUT2D eigenvalue weighted by Gasteiger charge is -2.33. The van der Waals surface area contributed by atoms with Gasteiger partial charge in [0.25, 0.3) is 0 Å². The molecule has 2 heterocycles. The van der Waals surface area contributed by atoms with E-state index in [0.717, 1.165) is 24.8 Å². The van der Waals surface area contributed by atoms with Crippen LogP contribution in [0.25, 0.3) is 0 Å². The van der Waals surface area contributed by atoms with Gasteiger partial charge in [0.05, 0.1) is 6.20 Å². The number of anilines is 2. The molecular formula is C19H27N5. The largest absolute Gasteiger partial charge is 0.355 e. The number of benzene rings is 1. The first-order chi connectivity index (χ1) is 11.5. The first kappa shape index (κ1) is 16.7. The Kier molecular flexibility index (Phi) is 4.97. The standard InChI is InChI=1S/C19H27N5/c1-19(2,3)22-18-21-17(14-20-23-18)24-11-9-16(10-12-24)13-15-7-5-4-6-8-15/h4-8,14,16H,9-13H2,1-3H3,(H,21,22,23). The molecule has 0 spiro atoms. The Hall–Kier alpha value is -2.17. The maximum atomic E-state index is 4.63. The summed E-state index contributed by atoms with van der Waals surface area (Å²) in [5.74, 6) is 2.28. The zero-order chi connectivity index (χ0) is 17.0. The Balaban J connectivity index is 1.57. The van der Waals surface area contributed by atoms with E-state index < -0.39 is 0 Å². The predicted molar refractivity (Wildman–Crippen MR) is 98.3 cm³/mol. The van der Waals surface area contributed by atoms with E-state index in [1.807, 2.05) is 0 Å². The van der Waals surface area contributed by atoms with Gasteiger partial charge < -0.3 is 10.2 Å². The van der Waals surface area contributed by atoms with Crippen molar-refractivity contribution in [3.63, 3.8) is 0 Å². The minimum Gasteiger partial charge on any atom is -0.355 e. The topological polar surface area (TPSA) is 53.9 Å². The van der Waals surface area contributed by atoms with Gasteiger partial charge in [0.15, 0.2) is 5.82 Å². The second-order valence-electron chi connectivity index (χ2n) is 7.63. The zero-order valence-electron chi connectivity index (χ0n) is 14.9. The van der Waals surface area contributed by atoms with Crippen molar-refractivity contribution < 1.29 is 0 Å². The first-order valence-corrected chi connectivity index (χ1v) is 8.76. The van der Waals surface area contributed by atoms with Crippen LogP contribution in [0, 0.1) is 5.92 Å². The number of hydrogen-bond acceptors (Lipinski definition) is 5. The van der Waals surface area contributed by atoms with Gasteiger partial charge in [-0.15, -0.1) is 5.10 Å². The van der Waals surface area contributed by atoms with Crippen LogP contribution in [-0.2, 0) is 6.42 Å². The average Bonchev–Trinajstić information content (AvgIpc) is 2.55. The van der Waals surface area contributed by atoms with Crippen LogP contribution in [0.5, 0.6) is 0 Å². The first-order valence-electron chi connectivity index (χ1n) is 8.76. The van der Waals surface area contributed by atoms with Gasteiger partial charge in [-0.05, 0) is 51.5 Å². The molecule has 5 nitrogen and oxygen atoms in total. The Bertz CT molecular complexity index is 642. The summed E-state index contributed by atoms with van der Waals surface area (Å²) in [5.41, 5.74) is 1.37. The molecule has 1 aromatic carbocycles. The molecule has 0 saturated carbocycles. The molecular weight excluding hydrogens is 298 g/mol. The van der Waals surface area contributed by atoms with Crippen LogP contribution >= 0.6 is 0 Å². The third-order valence-corrected chi connectivity index (χ3v) is 4.34. The fourth-order valence-electron chi connectivity index (χ4n) is 3.15. The van der Waals surface area contributed by atoms with Crippen LogP contribution in [0.4, 0.5) is 11.8 Å². The zero-order valence-corrected chi connectivity index (χ0v) is 14.9. The summed E-state index contributed by atoms with van der Waals surface area (Å²) in [7, 11) is 0. The molecule has 1 N–H and O–H groups in total. The third kappa shape index (κ3) is 4.66. The van der Waals surface area contributed by atoms with Crippen LogP contribution in [0.1, 0.15) is 39.2 Å². The molecule has 1 aliphatic heterocycles. The van der Waals surface area contributed by atoms with E-state index in [9.17, 15) is 0 Å². The number of nitrogens with zero attached hydrogens (tertiary/aromatic N) is 4. The van der Waals surface area contributed by atoms with E-state index in [0.29, 0.717) is 5.95 Å². The van der Waals surface area contributed by atoms with Crippen molar-refractivity contribution >= 4 is 11.8 Å². The highest BCUT2D eigenvalue weighted by molar-refractivity contribution is 5.41. The molecule has 0 radical (unpaired) electrons. The summed E-state index contributed by atoms with van der Waals surface area (Å²) in [6.45, 7) is 8.35. The minimum absolute atomic E-state index is 0.0665. The monoisotopic (exact) mass is 325 g/mol. The Morgan fingerprint density at radius 2 is 1.83 bits per heavy atom. The van der Waals surface area contributed by atoms with E-state index in [2.05, 4.69) is 76.5 Å². The van der Waals surface area contributed by atoms with Gasteiger partial charge in [0, 0.05) is 18.6 Å². The highest BCUT2D eigenvalue weighted by Gasteiger charge is 2.21. The fraction of sp³-hybridized carbons (Fsp3) is 0.526. The van der Waals surface area contributed by atoms with Gasteiger partial charge in [-0.1, -0.05) is 30.3 Å². The number of hydrogen-bond donors (Lipinski definition) is 1. The van der Waals surface area contributed by atoms with Gasteiger partial charge in [0.1, 0.15) is 0 Å². The van der Waals surface area contributed by atoms with Gasteiger partial charge in [-0.2, -0.15) is 10.1 Å². The van der Waals surface area contributed by atoms with Crippen LogP contribution in [0.3, 0.4) is 0 Å². The average molecular weight is 325 g/mol. The van der Waals surface area contributed by atoms with Crippen molar-refractivity contribution in [1.82, 2.24) is 15.2 Å². The quantitative estimate of drug-likeness (QED) is 0.932. The lowest BCUT2D eigenvalue weighted by molar-refractivity contribution is 0.402. The molecule has 0 atom stereocenters. The van der Waals surface area contributed by atoms with E-state index in [1.165, 1.54) is 24.8 Å². The molecule has 1 aliphatic rings. The van der Waals surface area contributed by atoms with E-state index >= 15 is 0 Å². The maximum Gasteiger partial charge on any atom is 0.245 e. The number of nitrogens with one attached hydrogen (secondary N) is 1. The lowest BCUT2D eigenvalue weighted by Crippen LogP contribution is -2.35. The smallest absolute Gasteiger partial charge is 0.245 e. The van der Waals surface area contributed by atoms with E-state index in [-0.39, 0.29) is 5.54 Å². The molecule has 1 aromatic heterocycles. The molecule has 3 rings (SSSR count). The summed E-state index contributed by atoms with van der Waals surface area (Å²) in [5, 5.41) is 11.5. The molecule has 0 amide bonds. The van der Waals surface area contributed by atoms with Crippen molar-refractivity contribution in [3.8, 4) is 0 Å². The van der Waals surface area contributed by atoms with Crippen LogP contribution in [0.15, 0.2) is 36.5 Å². The van der Waals surface area contributed by atoms with Crippen molar-refractivity contribution in [2.75, 3.05) is 23.3 Å². The Morgan fingerprint density at radius 3 is 2.50 bits per heavy atom. The van der Waals surface area contributed by atoms with E-state index in [1.54, 1.807) is 6.20 Å². The molecule has 1 saturated heterocycles. The second kappa shape index (κ2) is 7.16. The van der Waals surface area contributed by atoms with Crippen LogP contribution in [0.2, 0.25) is 0 Å². The van der Waals surface area contributed by atoms with Gasteiger partial charge >= 0.3 is 0 Å². The van der Waals surface area contributed by atoms with Gasteiger partial charge in [-0.3, -0.25) is 0 Å². The molecule has 2 aromatic rings. The Labute approximate surface area is 144 Å². The SMILES string of the molecule is CC(C)(C)Nc1nncc(N2CCC(Cc3ccccc3)CC2)n1. The van der Waals surface area contributed by atoms with Crippen LogP contribution in [-0.4, -0.2) is 33.8 Å². The second-order valence-corrected chi connectivity index (χ2v) is 7.63. The predicted octanol–water partition coefficient (Wildman–Crippen LogP) is 3.54. The fourth-order valence-corrected chi connectivity index (χ4v) is 3.15. The summed E-state index contributed by atoms with van der Waals surface area (Å²) in [6, 6.07) is 10.8. The molecule has 24 heavy (non-hydrogen) atoms. The Morgan fingerprint density at radius 1 is 1.12 bits per heavy atom. The summed E-state index contributed by atoms with van der Waals surface area (Å²) in [6.07, 6.45) is 5.33. The molecule has 5 heteroatoms. The normalized spacial score (nSPS) is 16.2. The molecule has 0 bridgehead atoms. The molecule has 0 aliphatic carbocycles. The van der Waals surface area contributed by atoms with Crippen molar-refractivity contribution in [2.45, 2.75) is 45.6 Å². The van der Waals surface area contributed by atoms with E-state index in [4.69, 9.17) is 0 Å². The number of rotatable bonds is 4. The third-order valence-electron chi connectivity index (χ3n) is 4.34. The van der Waals surface area contributed by atoms with Crippen LogP contribution < -0.4 is 10.2 Å². The maximum absolute atomic E-state index is 4.63. The number of aromatic nitrogens is 3. The minimum atomic E-state index is -0.0665. The summed E-state index contributed by atoms with van der Waals surface area (Å²) >= 11 is 0. The van der Waals surface area contributed by atoms with Crippen molar-refractivity contribution in [2.24, 2.45) is 5.92 Å². The van der Waals surface area contributed by atoms with Gasteiger partial charge in [-0.25, -0.2) is 0 Å². The highest BCUT2D eigenvalue weighted by atomic mass is 15.3.